The molecule has 0 saturated carbocycles. The van der Waals surface area contributed by atoms with Crippen LogP contribution in [0.15, 0.2) is 70.6 Å². The largest absolute Gasteiger partial charge is 0.484 e. The second-order valence-corrected chi connectivity index (χ2v) is 7.95. The van der Waals surface area contributed by atoms with Gasteiger partial charge in [0.25, 0.3) is 15.9 Å². The zero-order chi connectivity index (χ0) is 19.6. The Morgan fingerprint density at radius 2 is 1.67 bits per heavy atom. The average molecular weight is 407 g/mol. The number of imidazole rings is 1. The Labute approximate surface area is 160 Å². The Morgan fingerprint density at radius 1 is 1.04 bits per heavy atom. The van der Waals surface area contributed by atoms with Crippen LogP contribution < -0.4 is 10.4 Å². The van der Waals surface area contributed by atoms with Crippen molar-refractivity contribution >= 4 is 27.5 Å². The maximum atomic E-state index is 12.6. The van der Waals surface area contributed by atoms with Crippen molar-refractivity contribution < 1.29 is 17.9 Å². The molecule has 0 saturated heterocycles. The standard InChI is InChI=1S/C18H15ClN2O5S/c1-13-2-6-15(7-3-13)26-12-17(22)20-10-11-21(18(20)23)27(24,25)16-8-4-14(19)5-9-16/h2-11H,12H2,1H3. The van der Waals surface area contributed by atoms with Crippen molar-refractivity contribution in [1.29, 1.82) is 0 Å². The number of carbonyl (C=O) groups is 1. The van der Waals surface area contributed by atoms with Gasteiger partial charge in [-0.15, -0.1) is 0 Å². The van der Waals surface area contributed by atoms with E-state index >= 15 is 0 Å². The molecule has 2 aromatic carbocycles. The first-order valence-electron chi connectivity index (χ1n) is 7.83. The zero-order valence-electron chi connectivity index (χ0n) is 14.2. The predicted octanol–water partition coefficient (Wildman–Crippen LogP) is 2.57. The molecule has 0 unspecified atom stereocenters. The SMILES string of the molecule is Cc1ccc(OCC(=O)n2ccn(S(=O)(=O)c3ccc(Cl)cc3)c2=O)cc1. The van der Waals surface area contributed by atoms with Crippen molar-refractivity contribution in [1.82, 2.24) is 8.54 Å². The number of rotatable bonds is 5. The van der Waals surface area contributed by atoms with Crippen LogP contribution >= 0.6 is 11.6 Å². The zero-order valence-corrected chi connectivity index (χ0v) is 15.8. The van der Waals surface area contributed by atoms with Gasteiger partial charge in [-0.1, -0.05) is 29.3 Å². The van der Waals surface area contributed by atoms with Crippen molar-refractivity contribution in [3.63, 3.8) is 0 Å². The van der Waals surface area contributed by atoms with E-state index in [4.69, 9.17) is 16.3 Å². The van der Waals surface area contributed by atoms with Gasteiger partial charge in [0.05, 0.1) is 4.90 Å². The fourth-order valence-electron chi connectivity index (χ4n) is 2.30. The highest BCUT2D eigenvalue weighted by Crippen LogP contribution is 2.16. The minimum Gasteiger partial charge on any atom is -0.484 e. The van der Waals surface area contributed by atoms with Gasteiger partial charge in [-0.2, -0.15) is 3.97 Å². The first-order chi connectivity index (χ1) is 12.8. The molecule has 3 aromatic rings. The summed E-state index contributed by atoms with van der Waals surface area (Å²) >= 11 is 5.75. The van der Waals surface area contributed by atoms with Crippen LogP contribution in [-0.4, -0.2) is 29.5 Å². The molecule has 9 heteroatoms. The first-order valence-corrected chi connectivity index (χ1v) is 9.64. The summed E-state index contributed by atoms with van der Waals surface area (Å²) in [5, 5.41) is 0.363. The summed E-state index contributed by atoms with van der Waals surface area (Å²) < 4.78 is 31.7. The highest BCUT2D eigenvalue weighted by Gasteiger charge is 2.22. The summed E-state index contributed by atoms with van der Waals surface area (Å²) in [5.41, 5.74) is 0.0387. The van der Waals surface area contributed by atoms with Crippen molar-refractivity contribution in [3.8, 4) is 5.75 Å². The van der Waals surface area contributed by atoms with Crippen LogP contribution in [-0.2, 0) is 10.0 Å². The molecule has 0 N–H and O–H groups in total. The van der Waals surface area contributed by atoms with Crippen molar-refractivity contribution in [2.45, 2.75) is 11.8 Å². The molecular formula is C18H15ClN2O5S. The summed E-state index contributed by atoms with van der Waals surface area (Å²) in [6, 6.07) is 12.4. The van der Waals surface area contributed by atoms with E-state index in [2.05, 4.69) is 0 Å². The number of nitrogens with zero attached hydrogens (tertiary/aromatic N) is 2. The summed E-state index contributed by atoms with van der Waals surface area (Å²) in [7, 11) is -4.14. The number of hydrogen-bond acceptors (Lipinski definition) is 5. The smallest absolute Gasteiger partial charge is 0.349 e. The molecule has 0 bridgehead atoms. The molecule has 0 aliphatic rings. The molecule has 0 aliphatic carbocycles. The normalized spacial score (nSPS) is 11.3. The van der Waals surface area contributed by atoms with Crippen molar-refractivity contribution in [2.75, 3.05) is 6.61 Å². The number of hydrogen-bond donors (Lipinski definition) is 0. The van der Waals surface area contributed by atoms with E-state index in [1.54, 1.807) is 12.1 Å². The molecular weight excluding hydrogens is 392 g/mol. The van der Waals surface area contributed by atoms with Crippen LogP contribution in [0.2, 0.25) is 5.02 Å². The molecule has 0 aliphatic heterocycles. The van der Waals surface area contributed by atoms with Gasteiger partial charge in [-0.3, -0.25) is 4.79 Å². The topological polar surface area (TPSA) is 87.4 Å². The Balaban J connectivity index is 1.82. The third kappa shape index (κ3) is 3.96. The van der Waals surface area contributed by atoms with Gasteiger partial charge in [0.2, 0.25) is 0 Å². The summed E-state index contributed by atoms with van der Waals surface area (Å²) in [4.78, 5) is 24.5. The fourth-order valence-corrected chi connectivity index (χ4v) is 3.64. The third-order valence-electron chi connectivity index (χ3n) is 3.77. The predicted molar refractivity (Wildman–Crippen MR) is 100 cm³/mol. The molecule has 140 valence electrons. The van der Waals surface area contributed by atoms with E-state index in [9.17, 15) is 18.0 Å². The third-order valence-corrected chi connectivity index (χ3v) is 5.68. The van der Waals surface area contributed by atoms with Gasteiger partial charge in [0, 0.05) is 17.4 Å². The van der Waals surface area contributed by atoms with Crippen LogP contribution in [0.5, 0.6) is 5.75 Å². The molecule has 7 nitrogen and oxygen atoms in total. The molecule has 1 heterocycles. The van der Waals surface area contributed by atoms with E-state index < -0.39 is 28.2 Å². The van der Waals surface area contributed by atoms with Gasteiger partial charge in [0.15, 0.2) is 6.61 Å². The first kappa shape index (κ1) is 18.9. The molecule has 0 amide bonds. The lowest BCUT2D eigenvalue weighted by molar-refractivity contribution is 0.0833. The van der Waals surface area contributed by atoms with E-state index in [0.717, 1.165) is 18.0 Å². The number of benzene rings is 2. The van der Waals surface area contributed by atoms with Crippen molar-refractivity contribution in [2.24, 2.45) is 0 Å². The minimum atomic E-state index is -4.14. The molecule has 1 aromatic heterocycles. The lowest BCUT2D eigenvalue weighted by Crippen LogP contribution is -2.34. The number of aryl methyl sites for hydroxylation is 1. The summed E-state index contributed by atoms with van der Waals surface area (Å²) in [6.07, 6.45) is 2.12. The monoisotopic (exact) mass is 406 g/mol. The van der Waals surface area contributed by atoms with Gasteiger partial charge >= 0.3 is 5.69 Å². The lowest BCUT2D eigenvalue weighted by atomic mass is 10.2. The molecule has 0 radical (unpaired) electrons. The van der Waals surface area contributed by atoms with Gasteiger partial charge in [-0.05, 0) is 43.3 Å². The molecule has 27 heavy (non-hydrogen) atoms. The number of halogens is 1. The van der Waals surface area contributed by atoms with E-state index in [1.807, 2.05) is 19.1 Å². The highest BCUT2D eigenvalue weighted by atomic mass is 35.5. The second-order valence-electron chi connectivity index (χ2n) is 5.70. The number of carbonyl (C=O) groups excluding carboxylic acids is 1. The lowest BCUT2D eigenvalue weighted by Gasteiger charge is -2.06. The van der Waals surface area contributed by atoms with Crippen LogP contribution in [0.25, 0.3) is 0 Å². The van der Waals surface area contributed by atoms with Crippen LogP contribution in [0.3, 0.4) is 0 Å². The number of aromatic nitrogens is 2. The summed E-state index contributed by atoms with van der Waals surface area (Å²) in [5.74, 6) is -0.221. The van der Waals surface area contributed by atoms with Crippen LogP contribution in [0.4, 0.5) is 0 Å². The summed E-state index contributed by atoms with van der Waals surface area (Å²) in [6.45, 7) is 1.51. The van der Waals surface area contributed by atoms with E-state index in [1.165, 1.54) is 24.3 Å². The maximum absolute atomic E-state index is 12.6. The van der Waals surface area contributed by atoms with Gasteiger partial charge in [0.1, 0.15) is 5.75 Å². The Bertz CT molecular complexity index is 1130. The van der Waals surface area contributed by atoms with Gasteiger partial charge < -0.3 is 4.74 Å². The Morgan fingerprint density at radius 3 is 2.30 bits per heavy atom. The van der Waals surface area contributed by atoms with Gasteiger partial charge in [-0.25, -0.2) is 17.8 Å². The van der Waals surface area contributed by atoms with Crippen LogP contribution in [0.1, 0.15) is 10.4 Å². The quantitative estimate of drug-likeness (QED) is 0.649. The minimum absolute atomic E-state index is 0.116. The Kier molecular flexibility index (Phi) is 5.20. The van der Waals surface area contributed by atoms with E-state index in [-0.39, 0.29) is 4.90 Å². The fraction of sp³-hybridized carbons (Fsp3) is 0.111. The number of ether oxygens (including phenoxy) is 1. The molecule has 0 atom stereocenters. The van der Waals surface area contributed by atoms with Crippen LogP contribution in [0, 0.1) is 6.92 Å². The second kappa shape index (κ2) is 7.42. The maximum Gasteiger partial charge on any atom is 0.349 e. The Hall–Kier alpha value is -2.84. The molecule has 0 spiro atoms. The van der Waals surface area contributed by atoms with E-state index in [0.29, 0.717) is 19.3 Å². The average Bonchev–Trinajstić information content (AvgIpc) is 3.03. The van der Waals surface area contributed by atoms with Crippen molar-refractivity contribution in [3.05, 3.63) is 82.0 Å². The highest BCUT2D eigenvalue weighted by molar-refractivity contribution is 7.90. The molecule has 0 fully saturated rings. The molecule has 3 rings (SSSR count).